The number of nitrogens with zero attached hydrogens (tertiary/aromatic N) is 6. The number of ether oxygens (including phenoxy) is 1. The van der Waals surface area contributed by atoms with Gasteiger partial charge in [0.2, 0.25) is 0 Å². The highest BCUT2D eigenvalue weighted by atomic mass is 19.1. The Balaban J connectivity index is 1.35. The second-order valence-electron chi connectivity index (χ2n) is 12.5. The van der Waals surface area contributed by atoms with Gasteiger partial charge in [-0.2, -0.15) is 9.97 Å². The molecule has 1 unspecified atom stereocenters. The molecule has 3 atom stereocenters. The number of hydrogen-bond donors (Lipinski definition) is 1. The number of pyridine rings is 1. The summed E-state index contributed by atoms with van der Waals surface area (Å²) in [6.45, 7) is 2.79. The molecule has 4 aliphatic heterocycles. The molecule has 3 fully saturated rings. The first-order valence-corrected chi connectivity index (χ1v) is 15.1. The summed E-state index contributed by atoms with van der Waals surface area (Å²) in [7, 11) is 1.90. The number of aromatic nitrogens is 3. The zero-order valence-corrected chi connectivity index (χ0v) is 24.3. The lowest BCUT2D eigenvalue weighted by atomic mass is 9.95. The number of terminal acetylenes is 1. The van der Waals surface area contributed by atoms with E-state index in [0.717, 1.165) is 38.8 Å². The second-order valence-corrected chi connectivity index (χ2v) is 12.5. The molecule has 2 aromatic heterocycles. The lowest BCUT2D eigenvalue weighted by molar-refractivity contribution is 0.107. The summed E-state index contributed by atoms with van der Waals surface area (Å²) in [5.41, 5.74) is -0.420. The van der Waals surface area contributed by atoms with Crippen molar-refractivity contribution in [3.05, 3.63) is 41.5 Å². The molecule has 8 nitrogen and oxygen atoms in total. The van der Waals surface area contributed by atoms with Crippen LogP contribution >= 0.6 is 0 Å². The van der Waals surface area contributed by atoms with Gasteiger partial charge in [-0.3, -0.25) is 4.90 Å². The molecule has 44 heavy (non-hydrogen) atoms. The number of benzene rings is 2. The standard InChI is InChI=1S/C33H31F3N6O2/c1-3-22-24(35)8-7-18-12-21(43)13-23(25(18)22)28-27(36)29-26-30(37-28)40(2)16-20-6-4-11-42(20)31(26)39-32(38-29)44-17-33-9-5-10-41(33)15-19(34)14-33/h1,7-8,12-13,19-20,43H,4-6,9-11,14-17H2,2H3/t19?,20-,33-/m0/s1. The number of aromatic hydroxyl groups is 1. The maximum absolute atomic E-state index is 16.9. The highest BCUT2D eigenvalue weighted by Gasteiger charge is 2.49. The van der Waals surface area contributed by atoms with Gasteiger partial charge in [0.15, 0.2) is 5.82 Å². The van der Waals surface area contributed by atoms with Crippen LogP contribution < -0.4 is 14.5 Å². The van der Waals surface area contributed by atoms with Crippen LogP contribution in [0.3, 0.4) is 0 Å². The van der Waals surface area contributed by atoms with Crippen LogP contribution in [0.15, 0.2) is 24.3 Å². The molecule has 2 aromatic carbocycles. The third-order valence-electron chi connectivity index (χ3n) is 9.90. The van der Waals surface area contributed by atoms with E-state index in [9.17, 15) is 13.9 Å². The zero-order chi connectivity index (χ0) is 30.3. The van der Waals surface area contributed by atoms with Gasteiger partial charge in [0.25, 0.3) is 0 Å². The Kier molecular flexibility index (Phi) is 6.11. The smallest absolute Gasteiger partial charge is 0.319 e. The molecular formula is C33H31F3N6O2. The summed E-state index contributed by atoms with van der Waals surface area (Å²) in [5, 5.41) is 11.8. The van der Waals surface area contributed by atoms with Crippen LogP contribution in [0.25, 0.3) is 32.9 Å². The van der Waals surface area contributed by atoms with E-state index < -0.39 is 23.3 Å². The maximum atomic E-state index is 16.9. The topological polar surface area (TPSA) is 77.8 Å². The van der Waals surface area contributed by atoms with E-state index in [1.54, 1.807) is 0 Å². The van der Waals surface area contributed by atoms with E-state index in [-0.39, 0.29) is 52.1 Å². The van der Waals surface area contributed by atoms with Crippen molar-refractivity contribution in [2.45, 2.75) is 49.9 Å². The fraction of sp³-hybridized carbons (Fsp3) is 0.424. The van der Waals surface area contributed by atoms with Gasteiger partial charge in [-0.05, 0) is 55.8 Å². The van der Waals surface area contributed by atoms with Gasteiger partial charge in [0.1, 0.15) is 47.2 Å². The Labute approximate surface area is 252 Å². The number of halogens is 3. The largest absolute Gasteiger partial charge is 0.508 e. The van der Waals surface area contributed by atoms with Crippen LogP contribution in [0.4, 0.5) is 24.8 Å². The summed E-state index contributed by atoms with van der Waals surface area (Å²) >= 11 is 0. The summed E-state index contributed by atoms with van der Waals surface area (Å²) in [5.74, 6) is 1.89. The molecule has 4 aromatic rings. The highest BCUT2D eigenvalue weighted by molar-refractivity contribution is 6.06. The normalized spacial score (nSPS) is 24.5. The molecule has 3 saturated heterocycles. The van der Waals surface area contributed by atoms with Crippen molar-refractivity contribution in [3.8, 4) is 35.4 Å². The fourth-order valence-corrected chi connectivity index (χ4v) is 7.95. The van der Waals surface area contributed by atoms with Crippen molar-refractivity contribution in [2.24, 2.45) is 0 Å². The Hall–Kier alpha value is -4.30. The molecule has 0 amide bonds. The Bertz CT molecular complexity index is 1900. The third kappa shape index (κ3) is 4.00. The van der Waals surface area contributed by atoms with E-state index in [1.807, 2.05) is 11.9 Å². The van der Waals surface area contributed by atoms with Crippen LogP contribution in [0, 0.1) is 24.0 Å². The van der Waals surface area contributed by atoms with E-state index in [1.165, 1.54) is 24.3 Å². The number of phenolic OH excluding ortho intramolecular Hbond substituents is 1. The molecule has 4 aliphatic rings. The molecule has 11 heteroatoms. The van der Waals surface area contributed by atoms with Crippen molar-refractivity contribution in [1.82, 2.24) is 19.9 Å². The average molecular weight is 601 g/mol. The quantitative estimate of drug-likeness (QED) is 0.321. The number of likely N-dealkylation sites (N-methyl/N-ethyl adjacent to an activating group) is 1. The summed E-state index contributed by atoms with van der Waals surface area (Å²) in [6.07, 6.45) is 8.88. The Morgan fingerprint density at radius 1 is 1.09 bits per heavy atom. The fourth-order valence-electron chi connectivity index (χ4n) is 7.95. The molecule has 226 valence electrons. The van der Waals surface area contributed by atoms with E-state index >= 15 is 4.39 Å². The van der Waals surface area contributed by atoms with Gasteiger partial charge in [-0.1, -0.05) is 12.0 Å². The van der Waals surface area contributed by atoms with Crippen LogP contribution in [-0.4, -0.2) is 82.5 Å². The van der Waals surface area contributed by atoms with Crippen molar-refractivity contribution in [3.63, 3.8) is 0 Å². The number of alkyl halides is 1. The minimum atomic E-state index is -0.912. The van der Waals surface area contributed by atoms with Crippen LogP contribution in [0.2, 0.25) is 0 Å². The number of hydrogen-bond acceptors (Lipinski definition) is 8. The van der Waals surface area contributed by atoms with E-state index in [4.69, 9.17) is 21.1 Å². The molecule has 0 bridgehead atoms. The Morgan fingerprint density at radius 2 is 1.95 bits per heavy atom. The van der Waals surface area contributed by atoms with Gasteiger partial charge in [-0.25, -0.2) is 18.2 Å². The second kappa shape index (κ2) is 9.86. The first-order valence-electron chi connectivity index (χ1n) is 15.1. The van der Waals surface area contributed by atoms with Crippen LogP contribution in [0.1, 0.15) is 37.7 Å². The molecule has 6 heterocycles. The predicted molar refractivity (Wildman–Crippen MR) is 162 cm³/mol. The van der Waals surface area contributed by atoms with E-state index in [0.29, 0.717) is 41.9 Å². The van der Waals surface area contributed by atoms with Gasteiger partial charge < -0.3 is 19.6 Å². The third-order valence-corrected chi connectivity index (χ3v) is 9.90. The highest BCUT2D eigenvalue weighted by Crippen LogP contribution is 2.45. The molecule has 0 spiro atoms. The monoisotopic (exact) mass is 600 g/mol. The average Bonchev–Trinajstić information content (AvgIpc) is 3.68. The SMILES string of the molecule is C#Cc1c(F)ccc2cc(O)cc(-c3nc4c5c(nc(OC[C@@]67CCCN6CC(F)C7)nc5c3F)N3CCC[C@H]3CN4C)c12. The Morgan fingerprint density at radius 3 is 2.80 bits per heavy atom. The summed E-state index contributed by atoms with van der Waals surface area (Å²) < 4.78 is 52.5. The van der Waals surface area contributed by atoms with Crippen molar-refractivity contribution in [2.75, 3.05) is 49.6 Å². The van der Waals surface area contributed by atoms with Crippen molar-refractivity contribution < 1.29 is 23.0 Å². The predicted octanol–water partition coefficient (Wildman–Crippen LogP) is 5.18. The molecule has 0 saturated carbocycles. The van der Waals surface area contributed by atoms with Gasteiger partial charge >= 0.3 is 6.01 Å². The number of anilines is 2. The minimum absolute atomic E-state index is 0.00937. The van der Waals surface area contributed by atoms with Gasteiger partial charge in [-0.15, -0.1) is 6.42 Å². The molecule has 0 aliphatic carbocycles. The number of rotatable bonds is 4. The van der Waals surface area contributed by atoms with Crippen LogP contribution in [0.5, 0.6) is 11.8 Å². The van der Waals surface area contributed by atoms with Gasteiger partial charge in [0.05, 0.1) is 16.5 Å². The minimum Gasteiger partial charge on any atom is -0.508 e. The van der Waals surface area contributed by atoms with E-state index in [2.05, 4.69) is 20.7 Å². The molecule has 0 radical (unpaired) electrons. The lowest BCUT2D eigenvalue weighted by Crippen LogP contribution is -2.43. The molecule has 1 N–H and O–H groups in total. The number of fused-ring (bicyclic) bond motifs is 4. The first kappa shape index (κ1) is 27.3. The summed E-state index contributed by atoms with van der Waals surface area (Å²) in [6, 6.07) is 5.67. The lowest BCUT2D eigenvalue weighted by Gasteiger charge is -2.31. The summed E-state index contributed by atoms with van der Waals surface area (Å²) in [4.78, 5) is 20.6. The van der Waals surface area contributed by atoms with Gasteiger partial charge in [0, 0.05) is 50.1 Å². The van der Waals surface area contributed by atoms with Crippen molar-refractivity contribution >= 4 is 33.3 Å². The first-order chi connectivity index (χ1) is 21.3. The number of phenols is 1. The van der Waals surface area contributed by atoms with Crippen LogP contribution in [-0.2, 0) is 0 Å². The zero-order valence-electron chi connectivity index (χ0n) is 24.3. The molecule has 8 rings (SSSR count). The van der Waals surface area contributed by atoms with Crippen molar-refractivity contribution in [1.29, 1.82) is 0 Å². The maximum Gasteiger partial charge on any atom is 0.319 e. The molecular weight excluding hydrogens is 569 g/mol.